The second-order valence-corrected chi connectivity index (χ2v) is 6.25. The summed E-state index contributed by atoms with van der Waals surface area (Å²) in [5, 5.41) is 8.71. The minimum absolute atomic E-state index is 0.137. The Balaban J connectivity index is 1.35. The van der Waals surface area contributed by atoms with Crippen LogP contribution in [0.5, 0.6) is 11.6 Å². The molecule has 0 unspecified atom stereocenters. The number of nitrogens with zero attached hydrogens (tertiary/aromatic N) is 4. The van der Waals surface area contributed by atoms with E-state index in [9.17, 15) is 4.39 Å². The van der Waals surface area contributed by atoms with Gasteiger partial charge >= 0.3 is 0 Å². The highest BCUT2D eigenvalue weighted by Gasteiger charge is 2.28. The number of ether oxygens (including phenoxy) is 2. The van der Waals surface area contributed by atoms with Crippen LogP contribution in [0, 0.1) is 17.1 Å². The van der Waals surface area contributed by atoms with Crippen LogP contribution in [0.3, 0.4) is 0 Å². The molecule has 1 saturated carbocycles. The minimum Gasteiger partial charge on any atom is -0.490 e. The lowest BCUT2D eigenvalue weighted by molar-refractivity contribution is 0.205. The molecule has 6 nitrogen and oxygen atoms in total. The minimum atomic E-state index is -0.663. The maximum Gasteiger partial charge on any atom is 0.250 e. The van der Waals surface area contributed by atoms with E-state index in [1.54, 1.807) is 0 Å². The summed E-state index contributed by atoms with van der Waals surface area (Å²) >= 11 is 0. The van der Waals surface area contributed by atoms with Crippen LogP contribution < -0.4 is 9.47 Å². The maximum absolute atomic E-state index is 13.7. The zero-order valence-corrected chi connectivity index (χ0v) is 14.5. The molecule has 1 fully saturated rings. The summed E-state index contributed by atoms with van der Waals surface area (Å²) < 4.78 is 26.8. The molecule has 0 radical (unpaired) electrons. The molecule has 0 atom stereocenters. The molecular formula is C20H17FN4O2. The Labute approximate surface area is 155 Å². The zero-order valence-electron chi connectivity index (χ0n) is 14.5. The molecule has 1 aliphatic carbocycles. The van der Waals surface area contributed by atoms with Crippen molar-refractivity contribution in [3.63, 3.8) is 0 Å². The average molecular weight is 364 g/mol. The van der Waals surface area contributed by atoms with Gasteiger partial charge in [-0.1, -0.05) is 6.07 Å². The van der Waals surface area contributed by atoms with Gasteiger partial charge in [0, 0.05) is 30.6 Å². The first-order valence-corrected chi connectivity index (χ1v) is 8.69. The number of rotatable bonds is 7. The van der Waals surface area contributed by atoms with Crippen molar-refractivity contribution in [2.75, 3.05) is 13.2 Å². The van der Waals surface area contributed by atoms with Crippen molar-refractivity contribution in [2.24, 2.45) is 0 Å². The highest BCUT2D eigenvalue weighted by Crippen LogP contribution is 2.39. The van der Waals surface area contributed by atoms with Gasteiger partial charge in [0.15, 0.2) is 5.82 Å². The molecule has 27 heavy (non-hydrogen) atoms. The van der Waals surface area contributed by atoms with Crippen molar-refractivity contribution in [3.8, 4) is 23.4 Å². The summed E-state index contributed by atoms with van der Waals surface area (Å²) in [7, 11) is 0. The predicted molar refractivity (Wildman–Crippen MR) is 95.4 cm³/mol. The van der Waals surface area contributed by atoms with Crippen molar-refractivity contribution in [3.05, 3.63) is 66.1 Å². The second kappa shape index (κ2) is 7.46. The van der Waals surface area contributed by atoms with E-state index in [2.05, 4.69) is 14.5 Å². The van der Waals surface area contributed by atoms with E-state index in [-0.39, 0.29) is 24.7 Å². The van der Waals surface area contributed by atoms with Crippen molar-refractivity contribution in [1.29, 1.82) is 5.26 Å². The largest absolute Gasteiger partial charge is 0.490 e. The Kier molecular flexibility index (Phi) is 4.71. The number of hydrogen-bond donors (Lipinski definition) is 0. The normalized spacial score (nSPS) is 13.2. The van der Waals surface area contributed by atoms with Gasteiger partial charge in [-0.3, -0.25) is 0 Å². The van der Waals surface area contributed by atoms with Crippen LogP contribution in [0.1, 0.15) is 30.1 Å². The number of halogens is 1. The summed E-state index contributed by atoms with van der Waals surface area (Å²) in [4.78, 5) is 8.24. The third kappa shape index (κ3) is 3.90. The molecule has 0 amide bonds. The predicted octanol–water partition coefficient (Wildman–Crippen LogP) is 3.61. The van der Waals surface area contributed by atoms with Crippen LogP contribution in [0.15, 0.2) is 48.9 Å². The number of benzene rings is 1. The SMILES string of the molecule is N#Cc1cnc(OCCOc2cccc(-n3ccnc3C3CC3)c2)c(F)c1. The Morgan fingerprint density at radius 1 is 1.19 bits per heavy atom. The quantitative estimate of drug-likeness (QED) is 0.599. The molecule has 4 rings (SSSR count). The Bertz CT molecular complexity index is 992. The van der Waals surface area contributed by atoms with Crippen LogP contribution in [0.4, 0.5) is 4.39 Å². The van der Waals surface area contributed by atoms with Crippen molar-refractivity contribution < 1.29 is 13.9 Å². The standard InChI is InChI=1S/C20H17FN4O2/c21-18-10-14(12-22)13-24-20(18)27-9-8-26-17-3-1-2-16(11-17)25-7-6-23-19(25)15-4-5-15/h1-3,6-7,10-11,13,15H,4-5,8-9H2. The molecule has 0 N–H and O–H groups in total. The van der Waals surface area contributed by atoms with E-state index in [1.807, 2.05) is 42.7 Å². The molecule has 1 aliphatic rings. The zero-order chi connectivity index (χ0) is 18.6. The van der Waals surface area contributed by atoms with Crippen LogP contribution in [-0.4, -0.2) is 27.7 Å². The fourth-order valence-electron chi connectivity index (χ4n) is 2.79. The summed E-state index contributed by atoms with van der Waals surface area (Å²) in [6.07, 6.45) is 7.41. The number of nitriles is 1. The lowest BCUT2D eigenvalue weighted by Crippen LogP contribution is -2.11. The highest BCUT2D eigenvalue weighted by molar-refractivity contribution is 5.41. The van der Waals surface area contributed by atoms with Gasteiger partial charge in [-0.25, -0.2) is 14.4 Å². The molecule has 0 saturated heterocycles. The molecule has 2 heterocycles. The van der Waals surface area contributed by atoms with Crippen LogP contribution in [0.25, 0.3) is 5.69 Å². The second-order valence-electron chi connectivity index (χ2n) is 6.25. The number of imidazole rings is 1. The van der Waals surface area contributed by atoms with E-state index >= 15 is 0 Å². The summed E-state index contributed by atoms with van der Waals surface area (Å²) in [6.45, 7) is 0.377. The van der Waals surface area contributed by atoms with Gasteiger partial charge < -0.3 is 14.0 Å². The Hall–Kier alpha value is -3.40. The Morgan fingerprint density at radius 3 is 2.81 bits per heavy atom. The first-order chi connectivity index (χ1) is 13.2. The van der Waals surface area contributed by atoms with Crippen molar-refractivity contribution >= 4 is 0 Å². The Morgan fingerprint density at radius 2 is 2.04 bits per heavy atom. The fraction of sp³-hybridized carbons (Fsp3) is 0.250. The number of pyridine rings is 1. The maximum atomic E-state index is 13.7. The van der Waals surface area contributed by atoms with Gasteiger partial charge in [0.2, 0.25) is 0 Å². The van der Waals surface area contributed by atoms with E-state index < -0.39 is 5.82 Å². The van der Waals surface area contributed by atoms with Crippen LogP contribution in [-0.2, 0) is 0 Å². The topological polar surface area (TPSA) is 73.0 Å². The lowest BCUT2D eigenvalue weighted by Gasteiger charge is -2.11. The van der Waals surface area contributed by atoms with Crippen LogP contribution >= 0.6 is 0 Å². The monoisotopic (exact) mass is 364 g/mol. The van der Waals surface area contributed by atoms with Crippen molar-refractivity contribution in [2.45, 2.75) is 18.8 Å². The molecule has 0 spiro atoms. The highest BCUT2D eigenvalue weighted by atomic mass is 19.1. The smallest absolute Gasteiger partial charge is 0.250 e. The molecule has 0 bridgehead atoms. The van der Waals surface area contributed by atoms with E-state index in [0.29, 0.717) is 11.7 Å². The van der Waals surface area contributed by atoms with Gasteiger partial charge in [-0.2, -0.15) is 5.26 Å². The van der Waals surface area contributed by atoms with Gasteiger partial charge in [0.05, 0.1) is 11.3 Å². The molecule has 3 aromatic rings. The van der Waals surface area contributed by atoms with Gasteiger partial charge in [0.1, 0.15) is 30.9 Å². The third-order valence-corrected chi connectivity index (χ3v) is 4.24. The van der Waals surface area contributed by atoms with Crippen molar-refractivity contribution in [1.82, 2.24) is 14.5 Å². The van der Waals surface area contributed by atoms with Crippen LogP contribution in [0.2, 0.25) is 0 Å². The molecule has 7 heteroatoms. The lowest BCUT2D eigenvalue weighted by atomic mass is 10.3. The fourth-order valence-corrected chi connectivity index (χ4v) is 2.79. The first kappa shape index (κ1) is 17.0. The summed E-state index contributed by atoms with van der Waals surface area (Å²) in [5.74, 6) is 1.52. The first-order valence-electron chi connectivity index (χ1n) is 8.69. The van der Waals surface area contributed by atoms with E-state index in [0.717, 1.165) is 17.6 Å². The third-order valence-electron chi connectivity index (χ3n) is 4.24. The molecule has 2 aromatic heterocycles. The summed E-state index contributed by atoms with van der Waals surface area (Å²) in [5.41, 5.74) is 1.14. The van der Waals surface area contributed by atoms with Gasteiger partial charge in [-0.05, 0) is 31.0 Å². The summed E-state index contributed by atoms with van der Waals surface area (Å²) in [6, 6.07) is 10.6. The molecular weight excluding hydrogens is 347 g/mol. The molecule has 1 aromatic carbocycles. The molecule has 0 aliphatic heterocycles. The van der Waals surface area contributed by atoms with Gasteiger partial charge in [0.25, 0.3) is 5.88 Å². The number of aromatic nitrogens is 3. The van der Waals surface area contributed by atoms with E-state index in [4.69, 9.17) is 14.7 Å². The molecule has 136 valence electrons. The average Bonchev–Trinajstić information content (AvgIpc) is 3.42. The van der Waals surface area contributed by atoms with E-state index in [1.165, 1.54) is 19.0 Å². The van der Waals surface area contributed by atoms with Gasteiger partial charge in [-0.15, -0.1) is 0 Å². The number of hydrogen-bond acceptors (Lipinski definition) is 5.